The Morgan fingerprint density at radius 2 is 1.75 bits per heavy atom. The monoisotopic (exact) mass is 289 g/mol. The van der Waals surface area contributed by atoms with Crippen molar-refractivity contribution in [2.75, 3.05) is 12.4 Å². The highest BCUT2D eigenvalue weighted by Crippen LogP contribution is 2.30. The van der Waals surface area contributed by atoms with Crippen LogP contribution in [0.5, 0.6) is 0 Å². The Labute approximate surface area is 118 Å². The Morgan fingerprint density at radius 3 is 2.35 bits per heavy atom. The zero-order chi connectivity index (χ0) is 14.2. The Morgan fingerprint density at radius 1 is 1.10 bits per heavy atom. The molecule has 1 aromatic carbocycles. The number of fused-ring (bicyclic) bond motifs is 1. The summed E-state index contributed by atoms with van der Waals surface area (Å²) in [6.45, 7) is 0.802. The summed E-state index contributed by atoms with van der Waals surface area (Å²) in [6, 6.07) is 11.2. The lowest BCUT2D eigenvalue weighted by Gasteiger charge is -2.16. The SMILES string of the molecule is CNc1cccnc1S(=O)(=O)N1Cc2ccccc2C1. The number of rotatable bonds is 3. The molecule has 1 aromatic heterocycles. The summed E-state index contributed by atoms with van der Waals surface area (Å²) in [7, 11) is -1.90. The Kier molecular flexibility index (Phi) is 3.19. The first-order valence-corrected chi connectivity index (χ1v) is 7.76. The molecular weight excluding hydrogens is 274 g/mol. The molecule has 5 nitrogen and oxygen atoms in total. The summed E-state index contributed by atoms with van der Waals surface area (Å²) in [5.74, 6) is 0. The van der Waals surface area contributed by atoms with Gasteiger partial charge in [0.2, 0.25) is 0 Å². The van der Waals surface area contributed by atoms with Crippen LogP contribution in [0.25, 0.3) is 0 Å². The highest BCUT2D eigenvalue weighted by Gasteiger charge is 2.32. The van der Waals surface area contributed by atoms with E-state index >= 15 is 0 Å². The number of hydrogen-bond donors (Lipinski definition) is 1. The van der Waals surface area contributed by atoms with Crippen LogP contribution < -0.4 is 5.32 Å². The molecule has 0 saturated heterocycles. The second kappa shape index (κ2) is 4.88. The van der Waals surface area contributed by atoms with E-state index in [-0.39, 0.29) is 5.03 Å². The molecule has 0 fully saturated rings. The zero-order valence-electron chi connectivity index (χ0n) is 11.1. The molecule has 104 valence electrons. The molecule has 20 heavy (non-hydrogen) atoms. The molecule has 2 heterocycles. The van der Waals surface area contributed by atoms with Gasteiger partial charge in [0.15, 0.2) is 5.03 Å². The van der Waals surface area contributed by atoms with E-state index < -0.39 is 10.0 Å². The minimum Gasteiger partial charge on any atom is -0.386 e. The van der Waals surface area contributed by atoms with Gasteiger partial charge in [-0.3, -0.25) is 0 Å². The van der Waals surface area contributed by atoms with Gasteiger partial charge in [0.25, 0.3) is 10.0 Å². The number of pyridine rings is 1. The van der Waals surface area contributed by atoms with Crippen LogP contribution in [0.15, 0.2) is 47.6 Å². The van der Waals surface area contributed by atoms with Gasteiger partial charge in [-0.1, -0.05) is 24.3 Å². The first kappa shape index (κ1) is 13.1. The fourth-order valence-corrected chi connectivity index (χ4v) is 3.89. The van der Waals surface area contributed by atoms with Gasteiger partial charge < -0.3 is 5.32 Å². The van der Waals surface area contributed by atoms with Gasteiger partial charge in [-0.15, -0.1) is 0 Å². The van der Waals surface area contributed by atoms with Gasteiger partial charge >= 0.3 is 0 Å². The first-order chi connectivity index (χ1) is 9.63. The van der Waals surface area contributed by atoms with Crippen molar-refractivity contribution >= 4 is 15.7 Å². The normalized spacial score (nSPS) is 15.1. The quantitative estimate of drug-likeness (QED) is 0.936. The molecule has 0 aliphatic carbocycles. The fraction of sp³-hybridized carbons (Fsp3) is 0.214. The van der Waals surface area contributed by atoms with Gasteiger partial charge in [0, 0.05) is 26.3 Å². The molecule has 6 heteroatoms. The number of anilines is 1. The van der Waals surface area contributed by atoms with Crippen molar-refractivity contribution in [3.8, 4) is 0 Å². The minimum atomic E-state index is -3.59. The zero-order valence-corrected chi connectivity index (χ0v) is 11.9. The number of nitrogens with zero attached hydrogens (tertiary/aromatic N) is 2. The standard InChI is InChI=1S/C14H15N3O2S/c1-15-13-7-4-8-16-14(13)20(18,19)17-9-11-5-2-3-6-12(11)10-17/h2-8,15H,9-10H2,1H3. The Balaban J connectivity index is 1.99. The van der Waals surface area contributed by atoms with Crippen molar-refractivity contribution in [2.24, 2.45) is 0 Å². The van der Waals surface area contributed by atoms with Gasteiger partial charge in [-0.05, 0) is 23.3 Å². The van der Waals surface area contributed by atoms with E-state index in [0.717, 1.165) is 11.1 Å². The molecule has 3 rings (SSSR count). The second-order valence-electron chi connectivity index (χ2n) is 4.65. The fourth-order valence-electron chi connectivity index (χ4n) is 2.38. The summed E-state index contributed by atoms with van der Waals surface area (Å²) >= 11 is 0. The predicted octanol–water partition coefficient (Wildman–Crippen LogP) is 1.83. The van der Waals surface area contributed by atoms with Crippen LogP contribution in [-0.2, 0) is 23.1 Å². The lowest BCUT2D eigenvalue weighted by atomic mass is 10.1. The molecular formula is C14H15N3O2S. The second-order valence-corrected chi connectivity index (χ2v) is 6.50. The molecule has 0 atom stereocenters. The molecule has 1 aliphatic rings. The maximum atomic E-state index is 12.7. The Bertz CT molecular complexity index is 719. The molecule has 0 bridgehead atoms. The third-order valence-electron chi connectivity index (χ3n) is 3.44. The summed E-state index contributed by atoms with van der Waals surface area (Å²) in [6.07, 6.45) is 1.50. The molecule has 1 aliphatic heterocycles. The van der Waals surface area contributed by atoms with Crippen LogP contribution in [0.4, 0.5) is 5.69 Å². The molecule has 0 saturated carbocycles. The first-order valence-electron chi connectivity index (χ1n) is 6.32. The Hall–Kier alpha value is -1.92. The smallest absolute Gasteiger partial charge is 0.263 e. The van der Waals surface area contributed by atoms with Crippen LogP contribution in [0.3, 0.4) is 0 Å². The van der Waals surface area contributed by atoms with E-state index in [2.05, 4.69) is 10.3 Å². The number of aromatic nitrogens is 1. The van der Waals surface area contributed by atoms with Crippen LogP contribution >= 0.6 is 0 Å². The summed E-state index contributed by atoms with van der Waals surface area (Å²) < 4.78 is 26.9. The van der Waals surface area contributed by atoms with Crippen molar-refractivity contribution in [2.45, 2.75) is 18.1 Å². The molecule has 0 unspecified atom stereocenters. The van der Waals surface area contributed by atoms with E-state index in [0.29, 0.717) is 18.8 Å². The van der Waals surface area contributed by atoms with E-state index in [1.54, 1.807) is 19.2 Å². The topological polar surface area (TPSA) is 62.3 Å². The third-order valence-corrected chi connectivity index (χ3v) is 5.19. The van der Waals surface area contributed by atoms with E-state index in [4.69, 9.17) is 0 Å². The highest BCUT2D eigenvalue weighted by molar-refractivity contribution is 7.89. The van der Waals surface area contributed by atoms with Crippen molar-refractivity contribution in [3.05, 3.63) is 53.7 Å². The van der Waals surface area contributed by atoms with Crippen molar-refractivity contribution in [1.82, 2.24) is 9.29 Å². The van der Waals surface area contributed by atoms with E-state index in [1.807, 2.05) is 24.3 Å². The number of sulfonamides is 1. The maximum absolute atomic E-state index is 12.7. The molecule has 0 radical (unpaired) electrons. The molecule has 2 aromatic rings. The van der Waals surface area contributed by atoms with E-state index in [1.165, 1.54) is 10.5 Å². The highest BCUT2D eigenvalue weighted by atomic mass is 32.2. The molecule has 1 N–H and O–H groups in total. The minimum absolute atomic E-state index is 0.0790. The van der Waals surface area contributed by atoms with Gasteiger partial charge in [-0.2, -0.15) is 4.31 Å². The number of benzene rings is 1. The summed E-state index contributed by atoms with van der Waals surface area (Å²) in [5.41, 5.74) is 2.62. The maximum Gasteiger partial charge on any atom is 0.263 e. The largest absolute Gasteiger partial charge is 0.386 e. The third kappa shape index (κ3) is 2.07. The van der Waals surface area contributed by atoms with Crippen molar-refractivity contribution in [3.63, 3.8) is 0 Å². The molecule has 0 spiro atoms. The average molecular weight is 289 g/mol. The van der Waals surface area contributed by atoms with E-state index in [9.17, 15) is 8.42 Å². The van der Waals surface area contributed by atoms with Crippen molar-refractivity contribution in [1.29, 1.82) is 0 Å². The van der Waals surface area contributed by atoms with Crippen molar-refractivity contribution < 1.29 is 8.42 Å². The van der Waals surface area contributed by atoms with Gasteiger partial charge in [-0.25, -0.2) is 13.4 Å². The van der Waals surface area contributed by atoms with Crippen LogP contribution in [0.1, 0.15) is 11.1 Å². The van der Waals surface area contributed by atoms with Gasteiger partial charge in [0.05, 0.1) is 5.69 Å². The van der Waals surface area contributed by atoms with Crippen LogP contribution in [-0.4, -0.2) is 24.8 Å². The average Bonchev–Trinajstić information content (AvgIpc) is 2.92. The summed E-state index contributed by atoms with van der Waals surface area (Å²) in [5, 5.41) is 2.96. The van der Waals surface area contributed by atoms with Gasteiger partial charge in [0.1, 0.15) is 0 Å². The lowest BCUT2D eigenvalue weighted by Crippen LogP contribution is -2.27. The summed E-state index contributed by atoms with van der Waals surface area (Å²) in [4.78, 5) is 4.04. The lowest BCUT2D eigenvalue weighted by molar-refractivity contribution is 0.429. The van der Waals surface area contributed by atoms with Crippen LogP contribution in [0.2, 0.25) is 0 Å². The predicted molar refractivity (Wildman–Crippen MR) is 76.7 cm³/mol. The number of nitrogens with one attached hydrogen (secondary N) is 1. The van der Waals surface area contributed by atoms with Crippen LogP contribution in [0, 0.1) is 0 Å². The molecule has 0 amide bonds. The number of hydrogen-bond acceptors (Lipinski definition) is 4.